The van der Waals surface area contributed by atoms with Crippen molar-refractivity contribution in [3.8, 4) is 0 Å². The fourth-order valence-corrected chi connectivity index (χ4v) is 6.04. The molecule has 2 aliphatic heterocycles. The molecule has 0 aromatic heterocycles. The Hall–Kier alpha value is -2.26. The van der Waals surface area contributed by atoms with Crippen LogP contribution in [0.1, 0.15) is 52.7 Å². The molecule has 2 aliphatic rings. The molecule has 0 aliphatic carbocycles. The van der Waals surface area contributed by atoms with Crippen molar-refractivity contribution in [2.45, 2.75) is 50.6 Å². The lowest BCUT2D eigenvalue weighted by molar-refractivity contribution is 0.0342. The van der Waals surface area contributed by atoms with Gasteiger partial charge in [-0.1, -0.05) is 43.2 Å². The minimum absolute atomic E-state index is 0.192. The number of carbonyl (C=O) groups is 1. The topological polar surface area (TPSA) is 79.0 Å². The van der Waals surface area contributed by atoms with Gasteiger partial charge in [0.15, 0.2) is 0 Å². The molecule has 0 radical (unpaired) electrons. The Morgan fingerprint density at radius 1 is 0.912 bits per heavy atom. The number of aryl methyl sites for hydroxylation is 1. The van der Waals surface area contributed by atoms with Crippen LogP contribution in [0.3, 0.4) is 0 Å². The van der Waals surface area contributed by atoms with E-state index >= 15 is 0 Å². The Balaban J connectivity index is 1.39. The summed E-state index contributed by atoms with van der Waals surface area (Å²) in [6.45, 7) is 7.66. The Morgan fingerprint density at radius 2 is 1.56 bits per heavy atom. The van der Waals surface area contributed by atoms with Crippen molar-refractivity contribution in [3.63, 3.8) is 0 Å². The summed E-state index contributed by atoms with van der Waals surface area (Å²) in [5.74, 6) is -0.261. The van der Waals surface area contributed by atoms with Crippen LogP contribution in [0.15, 0.2) is 47.4 Å². The van der Waals surface area contributed by atoms with Crippen molar-refractivity contribution in [1.29, 1.82) is 0 Å². The predicted octanol–water partition coefficient (Wildman–Crippen LogP) is 3.32. The van der Waals surface area contributed by atoms with Gasteiger partial charge in [-0.25, -0.2) is 8.42 Å². The Bertz CT molecular complexity index is 1070. The Labute approximate surface area is 203 Å². The van der Waals surface area contributed by atoms with Crippen molar-refractivity contribution in [2.24, 2.45) is 0 Å². The minimum Gasteiger partial charge on any atom is -0.379 e. The zero-order chi connectivity index (χ0) is 24.0. The number of nitrogens with one attached hydrogen (secondary N) is 1. The number of nitrogens with zero attached hydrogens (tertiary/aromatic N) is 2. The molecular formula is C26H35N3O4S. The molecule has 2 saturated heterocycles. The quantitative estimate of drug-likeness (QED) is 0.651. The van der Waals surface area contributed by atoms with Gasteiger partial charge in [0.2, 0.25) is 10.0 Å². The minimum atomic E-state index is -3.60. The first-order chi connectivity index (χ1) is 16.4. The molecule has 2 fully saturated rings. The van der Waals surface area contributed by atoms with E-state index in [1.54, 1.807) is 16.4 Å². The molecular weight excluding hydrogens is 450 g/mol. The van der Waals surface area contributed by atoms with Gasteiger partial charge in [0.05, 0.1) is 18.1 Å². The number of benzene rings is 2. The molecule has 0 unspecified atom stereocenters. The van der Waals surface area contributed by atoms with E-state index in [1.165, 1.54) is 11.6 Å². The van der Waals surface area contributed by atoms with E-state index in [-0.39, 0.29) is 10.8 Å². The Morgan fingerprint density at radius 3 is 2.24 bits per heavy atom. The van der Waals surface area contributed by atoms with Crippen LogP contribution >= 0.6 is 0 Å². The number of hydrogen-bond acceptors (Lipinski definition) is 5. The first kappa shape index (κ1) is 24.9. The van der Waals surface area contributed by atoms with Crippen LogP contribution < -0.4 is 5.32 Å². The molecule has 0 saturated carbocycles. The molecule has 0 spiro atoms. The number of carbonyl (C=O) groups excluding carboxylic acids is 1. The van der Waals surface area contributed by atoms with Gasteiger partial charge in [-0.2, -0.15) is 4.31 Å². The zero-order valence-electron chi connectivity index (χ0n) is 20.0. The molecule has 0 atom stereocenters. The monoisotopic (exact) mass is 485 g/mol. The fourth-order valence-electron chi connectivity index (χ4n) is 4.49. The van der Waals surface area contributed by atoms with Crippen molar-refractivity contribution in [2.75, 3.05) is 39.4 Å². The maximum atomic E-state index is 13.2. The third kappa shape index (κ3) is 6.24. The molecule has 2 aromatic carbocycles. The summed E-state index contributed by atoms with van der Waals surface area (Å²) >= 11 is 0. The third-order valence-corrected chi connectivity index (χ3v) is 8.54. The number of morpholine rings is 1. The van der Waals surface area contributed by atoms with E-state index in [2.05, 4.69) is 22.3 Å². The van der Waals surface area contributed by atoms with E-state index in [0.29, 0.717) is 25.2 Å². The average molecular weight is 486 g/mol. The first-order valence-corrected chi connectivity index (χ1v) is 13.6. The second kappa shape index (κ2) is 11.4. The zero-order valence-corrected chi connectivity index (χ0v) is 20.8. The number of amides is 1. The fraction of sp³-hybridized carbons (Fsp3) is 0.500. The van der Waals surface area contributed by atoms with Gasteiger partial charge in [0.1, 0.15) is 0 Å². The van der Waals surface area contributed by atoms with Crippen LogP contribution in [0, 0.1) is 6.92 Å². The molecule has 0 bridgehead atoms. The van der Waals surface area contributed by atoms with Gasteiger partial charge in [-0.05, 0) is 48.6 Å². The highest BCUT2D eigenvalue weighted by Crippen LogP contribution is 2.23. The summed E-state index contributed by atoms with van der Waals surface area (Å²) in [6.07, 6.45) is 3.87. The van der Waals surface area contributed by atoms with Gasteiger partial charge in [0, 0.05) is 44.8 Å². The van der Waals surface area contributed by atoms with Crippen molar-refractivity contribution < 1.29 is 17.9 Å². The maximum Gasteiger partial charge on any atom is 0.251 e. The molecule has 184 valence electrons. The highest BCUT2D eigenvalue weighted by Gasteiger charge is 2.26. The third-order valence-electron chi connectivity index (χ3n) is 6.64. The molecule has 7 nitrogen and oxygen atoms in total. The van der Waals surface area contributed by atoms with Gasteiger partial charge >= 0.3 is 0 Å². The predicted molar refractivity (Wildman–Crippen MR) is 132 cm³/mol. The van der Waals surface area contributed by atoms with E-state index in [1.807, 2.05) is 19.1 Å². The average Bonchev–Trinajstić information content (AvgIpc) is 3.15. The lowest BCUT2D eigenvalue weighted by Gasteiger charge is -2.26. The number of rotatable bonds is 7. The second-order valence-corrected chi connectivity index (χ2v) is 11.1. The van der Waals surface area contributed by atoms with Crippen LogP contribution in [0.4, 0.5) is 0 Å². The summed E-state index contributed by atoms with van der Waals surface area (Å²) in [5, 5.41) is 2.95. The summed E-state index contributed by atoms with van der Waals surface area (Å²) in [5.41, 5.74) is 3.40. The first-order valence-electron chi connectivity index (χ1n) is 12.2. The van der Waals surface area contributed by atoms with Crippen LogP contribution in [0.25, 0.3) is 0 Å². The lowest BCUT2D eigenvalue weighted by Crippen LogP contribution is -2.35. The van der Waals surface area contributed by atoms with E-state index < -0.39 is 10.0 Å². The SMILES string of the molecule is Cc1ccc(S(=O)(=O)N2CCCCCC2)cc1C(=O)NCc1ccc(CN2CCOCC2)cc1. The standard InChI is InChI=1S/C26H35N3O4S/c1-21-6-11-24(34(31,32)29-12-4-2-3-5-13-29)18-25(21)26(30)27-19-22-7-9-23(10-8-22)20-28-14-16-33-17-15-28/h6-11,18H,2-5,12-17,19-20H2,1H3,(H,27,30). The van der Waals surface area contributed by atoms with E-state index in [9.17, 15) is 13.2 Å². The van der Waals surface area contributed by atoms with Gasteiger partial charge in [0.25, 0.3) is 5.91 Å². The van der Waals surface area contributed by atoms with Crippen LogP contribution in [-0.2, 0) is 27.8 Å². The smallest absolute Gasteiger partial charge is 0.251 e. The van der Waals surface area contributed by atoms with E-state index in [4.69, 9.17) is 4.74 Å². The summed E-state index contributed by atoms with van der Waals surface area (Å²) < 4.78 is 33.3. The molecule has 1 amide bonds. The maximum absolute atomic E-state index is 13.2. The largest absolute Gasteiger partial charge is 0.379 e. The van der Waals surface area contributed by atoms with Crippen LogP contribution in [-0.4, -0.2) is 62.9 Å². The van der Waals surface area contributed by atoms with Gasteiger partial charge < -0.3 is 10.1 Å². The number of sulfonamides is 1. The lowest BCUT2D eigenvalue weighted by atomic mass is 10.1. The summed E-state index contributed by atoms with van der Waals surface area (Å²) in [6, 6.07) is 13.1. The van der Waals surface area contributed by atoms with Crippen LogP contribution in [0.2, 0.25) is 0 Å². The molecule has 2 heterocycles. The van der Waals surface area contributed by atoms with Gasteiger partial charge in [-0.15, -0.1) is 0 Å². The highest BCUT2D eigenvalue weighted by atomic mass is 32.2. The highest BCUT2D eigenvalue weighted by molar-refractivity contribution is 7.89. The molecule has 2 aromatic rings. The molecule has 1 N–H and O–H groups in total. The summed E-state index contributed by atoms with van der Waals surface area (Å²) in [4.78, 5) is 15.5. The second-order valence-electron chi connectivity index (χ2n) is 9.18. The molecule has 8 heteroatoms. The van der Waals surface area contributed by atoms with Gasteiger partial charge in [-0.3, -0.25) is 9.69 Å². The van der Waals surface area contributed by atoms with Crippen molar-refractivity contribution in [3.05, 3.63) is 64.7 Å². The van der Waals surface area contributed by atoms with Crippen molar-refractivity contribution in [1.82, 2.24) is 14.5 Å². The number of hydrogen-bond donors (Lipinski definition) is 1. The molecule has 4 rings (SSSR count). The molecule has 34 heavy (non-hydrogen) atoms. The van der Waals surface area contributed by atoms with Crippen molar-refractivity contribution >= 4 is 15.9 Å². The van der Waals surface area contributed by atoms with E-state index in [0.717, 1.165) is 69.7 Å². The Kier molecular flexibility index (Phi) is 8.37. The van der Waals surface area contributed by atoms with Crippen LogP contribution in [0.5, 0.6) is 0 Å². The number of ether oxygens (including phenoxy) is 1. The normalized spacial score (nSPS) is 18.4. The summed E-state index contributed by atoms with van der Waals surface area (Å²) in [7, 11) is -3.60.